The van der Waals surface area contributed by atoms with Crippen molar-refractivity contribution in [2.45, 2.75) is 181 Å². The molecule has 8 heteroatoms. The Hall–Kier alpha value is -2.19. The maximum atomic E-state index is 13.5. The summed E-state index contributed by atoms with van der Waals surface area (Å²) in [5.41, 5.74) is 0.715. The number of allylic oxidation sites excluding steroid dienone is 4. The summed E-state index contributed by atoms with van der Waals surface area (Å²) in [6.07, 6.45) is 33.8. The molecule has 6 rings (SSSR count). The number of ether oxygens (including phenoxy) is 3. The third kappa shape index (κ3) is 15.1. The number of carbonyl (C=O) groups is 3. The number of rotatable bonds is 25. The molecule has 2 saturated heterocycles. The lowest BCUT2D eigenvalue weighted by atomic mass is 9.40. The van der Waals surface area contributed by atoms with Crippen LogP contribution in [0.3, 0.4) is 0 Å². The van der Waals surface area contributed by atoms with E-state index in [1.165, 1.54) is 70.6 Å². The molecule has 2 heterocycles. The molecule has 0 N–H and O–H groups in total. The van der Waals surface area contributed by atoms with E-state index in [1.54, 1.807) is 0 Å². The van der Waals surface area contributed by atoms with Gasteiger partial charge in [-0.05, 0) is 158 Å². The highest BCUT2D eigenvalue weighted by atomic mass is 16.6. The topological polar surface area (TPSA) is 85.4 Å². The molecule has 4 bridgehead atoms. The van der Waals surface area contributed by atoms with Gasteiger partial charge in [0.1, 0.15) is 19.8 Å². The molecule has 4 aliphatic carbocycles. The zero-order chi connectivity index (χ0) is 40.6. The number of likely N-dealkylation sites (tertiary alicyclic amines) is 2. The van der Waals surface area contributed by atoms with Gasteiger partial charge in [-0.1, -0.05) is 84.1 Å². The van der Waals surface area contributed by atoms with E-state index in [2.05, 4.69) is 61.8 Å². The molecule has 0 aromatic rings. The highest BCUT2D eigenvalue weighted by Gasteiger charge is 2.60. The van der Waals surface area contributed by atoms with Crippen LogP contribution in [0, 0.1) is 34.0 Å². The van der Waals surface area contributed by atoms with E-state index in [0.717, 1.165) is 103 Å². The van der Waals surface area contributed by atoms with E-state index in [-0.39, 0.29) is 55.0 Å². The lowest BCUT2D eigenvalue weighted by molar-refractivity contribution is -0.170. The second-order valence-electron chi connectivity index (χ2n) is 20.1. The van der Waals surface area contributed by atoms with Crippen LogP contribution in [-0.2, 0) is 28.6 Å². The Bertz CT molecular complexity index is 1280. The minimum atomic E-state index is -0.373. The fraction of sp³-hybridized carbons (Fsp3) is 0.857. The van der Waals surface area contributed by atoms with Crippen LogP contribution in [-0.4, -0.2) is 86.3 Å². The van der Waals surface area contributed by atoms with E-state index >= 15 is 0 Å². The molecule has 0 amide bonds. The normalized spacial score (nSPS) is 29.0. The number of hydrogen-bond acceptors (Lipinski definition) is 8. The Balaban J connectivity index is 1.01. The minimum absolute atomic E-state index is 0.0395. The minimum Gasteiger partial charge on any atom is -0.465 e. The number of unbranched alkanes of at least 4 members (excludes halogenated alkanes) is 8. The standard InChI is InChI=1S/C49H82N2O6/c1-5-7-8-9-10-11-12-13-14-15-16-17-18-19-20-21-44(52)55-34-41(35-56-45(53)33-49-32-40-30-47(3,38-49)37-48(4,31-40)39-49)36-57-46(54)42-22-28-51(29-23-42)43-24-26-50(6-2)27-25-43/h10-11,13-14,40-43H,5-9,12,15-39H2,1-4H3/b11-10-,14-13-/t40-,41?,47+,48-,49-. The van der Waals surface area contributed by atoms with Gasteiger partial charge in [-0.3, -0.25) is 14.4 Å². The zero-order valence-corrected chi connectivity index (χ0v) is 36.9. The predicted molar refractivity (Wildman–Crippen MR) is 230 cm³/mol. The molecule has 6 aliphatic rings. The Morgan fingerprint density at radius 2 is 1.26 bits per heavy atom. The number of hydrogen-bond donors (Lipinski definition) is 0. The summed E-state index contributed by atoms with van der Waals surface area (Å²) in [5.74, 6) is -0.319. The summed E-state index contributed by atoms with van der Waals surface area (Å²) >= 11 is 0. The van der Waals surface area contributed by atoms with Crippen molar-refractivity contribution in [2.24, 2.45) is 34.0 Å². The molecular formula is C49H82N2O6. The van der Waals surface area contributed by atoms with Gasteiger partial charge in [0, 0.05) is 12.5 Å². The molecule has 8 nitrogen and oxygen atoms in total. The first-order valence-corrected chi connectivity index (χ1v) is 23.8. The van der Waals surface area contributed by atoms with Gasteiger partial charge in [0.05, 0.1) is 18.3 Å². The van der Waals surface area contributed by atoms with Gasteiger partial charge in [-0.2, -0.15) is 0 Å². The number of carbonyl (C=O) groups excluding carboxylic acids is 3. The highest BCUT2D eigenvalue weighted by Crippen LogP contribution is 2.70. The van der Waals surface area contributed by atoms with Crippen LogP contribution in [0.5, 0.6) is 0 Å². The maximum Gasteiger partial charge on any atom is 0.309 e. The highest BCUT2D eigenvalue weighted by molar-refractivity contribution is 5.72. The molecule has 324 valence electrons. The molecule has 5 atom stereocenters. The van der Waals surface area contributed by atoms with Crippen LogP contribution in [0.4, 0.5) is 0 Å². The summed E-state index contributed by atoms with van der Waals surface area (Å²) in [6, 6.07) is 0.618. The molecular weight excluding hydrogens is 713 g/mol. The first-order valence-electron chi connectivity index (χ1n) is 23.8. The van der Waals surface area contributed by atoms with Crippen LogP contribution < -0.4 is 0 Å². The Labute approximate surface area is 347 Å². The molecule has 6 fully saturated rings. The Kier molecular flexibility index (Phi) is 18.5. The van der Waals surface area contributed by atoms with Gasteiger partial charge in [0.2, 0.25) is 0 Å². The molecule has 2 aliphatic heterocycles. The monoisotopic (exact) mass is 795 g/mol. The van der Waals surface area contributed by atoms with Gasteiger partial charge >= 0.3 is 17.9 Å². The molecule has 1 unspecified atom stereocenters. The van der Waals surface area contributed by atoms with Crippen molar-refractivity contribution >= 4 is 17.9 Å². The number of nitrogens with zero attached hydrogens (tertiary/aromatic N) is 2. The van der Waals surface area contributed by atoms with Crippen LogP contribution in [0.1, 0.15) is 175 Å². The smallest absolute Gasteiger partial charge is 0.309 e. The first kappa shape index (κ1) is 45.9. The molecule has 0 spiro atoms. The van der Waals surface area contributed by atoms with Gasteiger partial charge in [-0.15, -0.1) is 0 Å². The third-order valence-electron chi connectivity index (χ3n) is 14.4. The Morgan fingerprint density at radius 3 is 1.89 bits per heavy atom. The van der Waals surface area contributed by atoms with Crippen LogP contribution in [0.15, 0.2) is 24.3 Å². The summed E-state index contributed by atoms with van der Waals surface area (Å²) in [4.78, 5) is 44.7. The van der Waals surface area contributed by atoms with E-state index < -0.39 is 0 Å². The van der Waals surface area contributed by atoms with Crippen molar-refractivity contribution in [1.29, 1.82) is 0 Å². The number of esters is 3. The van der Waals surface area contributed by atoms with Crippen LogP contribution in [0.2, 0.25) is 0 Å². The molecule has 57 heavy (non-hydrogen) atoms. The molecule has 4 saturated carbocycles. The maximum absolute atomic E-state index is 13.5. The zero-order valence-electron chi connectivity index (χ0n) is 36.9. The largest absolute Gasteiger partial charge is 0.465 e. The third-order valence-corrected chi connectivity index (χ3v) is 14.4. The summed E-state index contributed by atoms with van der Waals surface area (Å²) in [6.45, 7) is 15.0. The lowest BCUT2D eigenvalue weighted by Crippen LogP contribution is -2.55. The molecule has 0 aromatic heterocycles. The van der Waals surface area contributed by atoms with Gasteiger partial charge < -0.3 is 24.0 Å². The molecule has 0 radical (unpaired) electrons. The van der Waals surface area contributed by atoms with Crippen molar-refractivity contribution in [1.82, 2.24) is 9.80 Å². The Morgan fingerprint density at radius 1 is 0.667 bits per heavy atom. The summed E-state index contributed by atoms with van der Waals surface area (Å²) in [7, 11) is 0. The average molecular weight is 795 g/mol. The second kappa shape index (κ2) is 23.0. The fourth-order valence-electron chi connectivity index (χ4n) is 12.4. The van der Waals surface area contributed by atoms with Gasteiger partial charge in [-0.25, -0.2) is 0 Å². The number of piperidine rings is 2. The first-order chi connectivity index (χ1) is 27.5. The van der Waals surface area contributed by atoms with E-state index in [4.69, 9.17) is 14.2 Å². The SMILES string of the molecule is CCCCC/C=C\C/C=C\CCCCCCCC(=O)OCC(COC(=O)C[C@@]12C[C@@H]3C[C@@](C)(C[C@@](C)(C3)C1)C2)COC(=O)C1CCN(C2CCN(CC)CC2)CC1. The quantitative estimate of drug-likeness (QED) is 0.0391. The van der Waals surface area contributed by atoms with E-state index in [1.807, 2.05) is 0 Å². The average Bonchev–Trinajstić information content (AvgIpc) is 3.17. The summed E-state index contributed by atoms with van der Waals surface area (Å²) < 4.78 is 17.6. The van der Waals surface area contributed by atoms with Gasteiger partial charge in [0.25, 0.3) is 0 Å². The van der Waals surface area contributed by atoms with Crippen molar-refractivity contribution < 1.29 is 28.6 Å². The van der Waals surface area contributed by atoms with Gasteiger partial charge in [0.15, 0.2) is 0 Å². The van der Waals surface area contributed by atoms with E-state index in [0.29, 0.717) is 29.7 Å². The fourth-order valence-corrected chi connectivity index (χ4v) is 12.4. The lowest BCUT2D eigenvalue weighted by Gasteiger charge is -2.65. The van der Waals surface area contributed by atoms with Crippen molar-refractivity contribution in [3.05, 3.63) is 24.3 Å². The van der Waals surface area contributed by atoms with Crippen molar-refractivity contribution in [2.75, 3.05) is 52.5 Å². The molecule has 0 aromatic carbocycles. The van der Waals surface area contributed by atoms with Crippen LogP contribution >= 0.6 is 0 Å². The van der Waals surface area contributed by atoms with Crippen LogP contribution in [0.25, 0.3) is 0 Å². The van der Waals surface area contributed by atoms with Crippen molar-refractivity contribution in [3.8, 4) is 0 Å². The summed E-state index contributed by atoms with van der Waals surface area (Å²) in [5, 5.41) is 0. The predicted octanol–water partition coefficient (Wildman–Crippen LogP) is 10.6. The van der Waals surface area contributed by atoms with E-state index in [9.17, 15) is 14.4 Å². The second-order valence-corrected chi connectivity index (χ2v) is 20.1. The van der Waals surface area contributed by atoms with Crippen molar-refractivity contribution in [3.63, 3.8) is 0 Å².